The second-order valence-corrected chi connectivity index (χ2v) is 9.94. The Hall–Kier alpha value is -0.380. The summed E-state index contributed by atoms with van der Waals surface area (Å²) in [6.07, 6.45) is 27.5. The van der Waals surface area contributed by atoms with Gasteiger partial charge in [0.15, 0.2) is 0 Å². The van der Waals surface area contributed by atoms with Gasteiger partial charge in [-0.3, -0.25) is 14.6 Å². The van der Waals surface area contributed by atoms with E-state index in [1.165, 1.54) is 116 Å². The summed E-state index contributed by atoms with van der Waals surface area (Å²) in [5.74, 6) is -0.805. The van der Waals surface area contributed by atoms with Crippen molar-refractivity contribution < 1.29 is 23.7 Å². The van der Waals surface area contributed by atoms with Gasteiger partial charge in [-0.15, -0.1) is 0 Å². The molecule has 0 fully saturated rings. The molecule has 0 radical (unpaired) electrons. The van der Waals surface area contributed by atoms with Gasteiger partial charge >= 0.3 is 13.8 Å². The van der Waals surface area contributed by atoms with E-state index < -0.39 is 13.8 Å². The molecule has 5 nitrogen and oxygen atoms in total. The quantitative estimate of drug-likeness (QED) is 0.121. The molecule has 0 atom stereocenters. The van der Waals surface area contributed by atoms with Crippen molar-refractivity contribution in [3.8, 4) is 0 Å². The minimum atomic E-state index is -4.67. The largest absolute Gasteiger partial charge is 0.526 e. The molecular formula is C24H49O5P. The SMILES string of the molecule is CCCCCCCCCCCCCCCCCCCCCCCC(=O)OP(=O)(O)O. The zero-order valence-electron chi connectivity index (χ0n) is 19.6. The Balaban J connectivity index is 3.11. The maximum Gasteiger partial charge on any atom is 0.526 e. The smallest absolute Gasteiger partial charge is 0.371 e. The number of carbonyl (C=O) groups is 1. The van der Waals surface area contributed by atoms with Crippen molar-refractivity contribution in [3.05, 3.63) is 0 Å². The van der Waals surface area contributed by atoms with E-state index >= 15 is 0 Å². The van der Waals surface area contributed by atoms with Crippen LogP contribution in [-0.4, -0.2) is 15.8 Å². The number of carbonyl (C=O) groups excluding carboxylic acids is 1. The topological polar surface area (TPSA) is 83.8 Å². The Morgan fingerprint density at radius 1 is 0.567 bits per heavy atom. The van der Waals surface area contributed by atoms with E-state index in [0.29, 0.717) is 6.42 Å². The third-order valence-electron chi connectivity index (χ3n) is 5.71. The first-order chi connectivity index (χ1) is 14.5. The lowest BCUT2D eigenvalue weighted by molar-refractivity contribution is -0.135. The van der Waals surface area contributed by atoms with Crippen LogP contribution >= 0.6 is 7.82 Å². The summed E-state index contributed by atoms with van der Waals surface area (Å²) in [5.41, 5.74) is 0. The summed E-state index contributed by atoms with van der Waals surface area (Å²) >= 11 is 0. The molecule has 0 unspecified atom stereocenters. The van der Waals surface area contributed by atoms with E-state index in [4.69, 9.17) is 9.79 Å². The van der Waals surface area contributed by atoms with Gasteiger partial charge in [0.1, 0.15) is 0 Å². The summed E-state index contributed by atoms with van der Waals surface area (Å²) in [6, 6.07) is 0. The van der Waals surface area contributed by atoms with Crippen LogP contribution < -0.4 is 0 Å². The number of rotatable bonds is 23. The van der Waals surface area contributed by atoms with E-state index in [9.17, 15) is 9.36 Å². The highest BCUT2D eigenvalue weighted by Gasteiger charge is 2.19. The maximum atomic E-state index is 11.1. The molecule has 0 spiro atoms. The van der Waals surface area contributed by atoms with E-state index in [-0.39, 0.29) is 6.42 Å². The highest BCUT2D eigenvalue weighted by atomic mass is 31.2. The average molecular weight is 449 g/mol. The van der Waals surface area contributed by atoms with E-state index in [1.807, 2.05) is 0 Å². The molecule has 0 aliphatic carbocycles. The average Bonchev–Trinajstić information content (AvgIpc) is 2.68. The van der Waals surface area contributed by atoms with Gasteiger partial charge in [0.05, 0.1) is 0 Å². The summed E-state index contributed by atoms with van der Waals surface area (Å²) in [7, 11) is -4.67. The third-order valence-corrected chi connectivity index (χ3v) is 6.15. The van der Waals surface area contributed by atoms with Crippen LogP contribution in [0.25, 0.3) is 0 Å². The molecule has 0 saturated carbocycles. The van der Waals surface area contributed by atoms with E-state index in [0.717, 1.165) is 12.8 Å². The number of hydrogen-bond acceptors (Lipinski definition) is 3. The molecule has 0 aromatic heterocycles. The van der Waals surface area contributed by atoms with Crippen LogP contribution in [0.2, 0.25) is 0 Å². The molecule has 0 heterocycles. The minimum Gasteiger partial charge on any atom is -0.371 e. The van der Waals surface area contributed by atoms with Crippen molar-refractivity contribution in [2.75, 3.05) is 0 Å². The third kappa shape index (κ3) is 25.7. The Kier molecular flexibility index (Phi) is 21.6. The van der Waals surface area contributed by atoms with Gasteiger partial charge in [0, 0.05) is 6.42 Å². The predicted molar refractivity (Wildman–Crippen MR) is 125 cm³/mol. The fourth-order valence-electron chi connectivity index (χ4n) is 3.88. The fraction of sp³-hybridized carbons (Fsp3) is 0.958. The predicted octanol–water partition coefficient (Wildman–Crippen LogP) is 8.22. The summed E-state index contributed by atoms with van der Waals surface area (Å²) < 4.78 is 14.5. The summed E-state index contributed by atoms with van der Waals surface area (Å²) in [5, 5.41) is 0. The van der Waals surface area contributed by atoms with Crippen LogP contribution in [0.15, 0.2) is 0 Å². The lowest BCUT2D eigenvalue weighted by Gasteiger charge is -2.05. The van der Waals surface area contributed by atoms with Crippen LogP contribution in [0.3, 0.4) is 0 Å². The number of phosphoric ester groups is 1. The highest BCUT2D eigenvalue weighted by molar-refractivity contribution is 7.46. The standard InChI is InChI=1S/C24H49O5P/c1-2-3-4-5-6-7-8-9-10-11-12-13-14-15-16-17-18-19-20-21-22-23-24(25)29-30(26,27)28/h2-23H2,1H3,(H2,26,27,28). The molecular weight excluding hydrogens is 399 g/mol. The number of hydrogen-bond donors (Lipinski definition) is 2. The van der Waals surface area contributed by atoms with Gasteiger partial charge in [-0.05, 0) is 6.42 Å². The molecule has 0 aromatic rings. The zero-order chi connectivity index (χ0) is 22.3. The van der Waals surface area contributed by atoms with Crippen molar-refractivity contribution in [2.45, 2.75) is 148 Å². The van der Waals surface area contributed by atoms with Gasteiger partial charge in [0.2, 0.25) is 0 Å². The molecule has 0 aliphatic rings. The van der Waals surface area contributed by atoms with Gasteiger partial charge in [-0.2, -0.15) is 0 Å². The zero-order valence-corrected chi connectivity index (χ0v) is 20.5. The molecule has 0 amide bonds. The normalized spacial score (nSPS) is 11.7. The monoisotopic (exact) mass is 448 g/mol. The summed E-state index contributed by atoms with van der Waals surface area (Å²) in [6.45, 7) is 2.28. The van der Waals surface area contributed by atoms with Crippen molar-refractivity contribution >= 4 is 13.8 Å². The molecule has 0 saturated heterocycles. The van der Waals surface area contributed by atoms with Gasteiger partial charge in [-0.1, -0.05) is 135 Å². The van der Waals surface area contributed by atoms with Crippen LogP contribution in [0.5, 0.6) is 0 Å². The second kappa shape index (κ2) is 21.8. The van der Waals surface area contributed by atoms with Crippen LogP contribution in [0.4, 0.5) is 0 Å². The Labute approximate surface area is 186 Å². The van der Waals surface area contributed by atoms with E-state index in [1.54, 1.807) is 0 Å². The molecule has 30 heavy (non-hydrogen) atoms. The van der Waals surface area contributed by atoms with E-state index in [2.05, 4.69) is 11.4 Å². The van der Waals surface area contributed by atoms with Crippen LogP contribution in [0.1, 0.15) is 148 Å². The molecule has 0 rings (SSSR count). The van der Waals surface area contributed by atoms with Crippen molar-refractivity contribution in [2.24, 2.45) is 0 Å². The highest BCUT2D eigenvalue weighted by Crippen LogP contribution is 2.36. The molecule has 180 valence electrons. The van der Waals surface area contributed by atoms with Gasteiger partial charge in [0.25, 0.3) is 0 Å². The molecule has 0 bridgehead atoms. The molecule has 2 N–H and O–H groups in total. The van der Waals surface area contributed by atoms with Gasteiger partial charge in [-0.25, -0.2) is 4.57 Å². The first-order valence-electron chi connectivity index (χ1n) is 12.7. The Morgan fingerprint density at radius 2 is 0.833 bits per heavy atom. The molecule has 0 aliphatic heterocycles. The minimum absolute atomic E-state index is 0.0875. The Bertz CT molecular complexity index is 422. The maximum absolute atomic E-state index is 11.1. The second-order valence-electron chi connectivity index (χ2n) is 8.77. The lowest BCUT2D eigenvalue weighted by atomic mass is 10.0. The van der Waals surface area contributed by atoms with Gasteiger partial charge < -0.3 is 4.52 Å². The number of unbranched alkanes of at least 4 members (excludes halogenated alkanes) is 20. The molecule has 6 heteroatoms. The number of phosphoric acid groups is 1. The lowest BCUT2D eigenvalue weighted by Crippen LogP contribution is -2.01. The van der Waals surface area contributed by atoms with Crippen molar-refractivity contribution in [3.63, 3.8) is 0 Å². The molecule has 0 aromatic carbocycles. The first kappa shape index (κ1) is 29.6. The van der Waals surface area contributed by atoms with Crippen molar-refractivity contribution in [1.82, 2.24) is 0 Å². The van der Waals surface area contributed by atoms with Crippen molar-refractivity contribution in [1.29, 1.82) is 0 Å². The Morgan fingerprint density at radius 3 is 1.10 bits per heavy atom. The fourth-order valence-corrected chi connectivity index (χ4v) is 4.24. The van der Waals surface area contributed by atoms with Crippen LogP contribution in [-0.2, 0) is 13.9 Å². The van der Waals surface area contributed by atoms with Crippen LogP contribution in [0, 0.1) is 0 Å². The first-order valence-corrected chi connectivity index (χ1v) is 14.3. The summed E-state index contributed by atoms with van der Waals surface area (Å²) in [4.78, 5) is 28.2.